The SMILES string of the molecule is CCCC[C@H]1C(=O)N(C)[C@@H](CCCC)C(=O)N[C@@H](CC(C)C)C(=O)N[C@H](C(=O)NCC(N)=O)CCCNCC(=O)N[C@@H](Cc2ccc(O)cc2)C(=O)N(C)[C@@H](C)C(=O)NC(CC=O)C(=O)N2CCC[C@H]2C(=O)N[C@@H](Cc2cnc[nH]2)C(=O)N[C@@H](CCC(N)=O)C(=O)N2C[C@H](O)C[C@H]2C(=O)N[C@@H](Cc2c[nH]c3ccccc23)C(=O)NCC(=O)N[C@@H](Cc2c[nH]c3ccccc23)C(=O)N1C. The fourth-order valence-electron chi connectivity index (χ4n) is 16.7. The summed E-state index contributed by atoms with van der Waals surface area (Å²) in [7, 11) is 4.06. The number of aromatic amines is 3. The first kappa shape index (κ1) is 103. The molecule has 20 N–H and O–H groups in total. The summed E-state index contributed by atoms with van der Waals surface area (Å²) in [5.74, 6) is -15.3. The summed E-state index contributed by atoms with van der Waals surface area (Å²) < 4.78 is 0. The summed E-state index contributed by atoms with van der Waals surface area (Å²) >= 11 is 0. The highest BCUT2D eigenvalue weighted by atomic mass is 16.3. The Morgan fingerprint density at radius 2 is 1.11 bits per heavy atom. The van der Waals surface area contributed by atoms with Gasteiger partial charge < -0.3 is 124 Å². The van der Waals surface area contributed by atoms with Crippen LogP contribution in [0, 0.1) is 5.92 Å². The van der Waals surface area contributed by atoms with E-state index in [1.165, 1.54) is 74.7 Å². The number of amides is 17. The first-order chi connectivity index (χ1) is 63.5. The molecule has 0 radical (unpaired) electrons. The summed E-state index contributed by atoms with van der Waals surface area (Å²) in [5.41, 5.74) is 14.2. The number of carbonyl (C=O) groups is 18. The van der Waals surface area contributed by atoms with E-state index < -0.39 is 237 Å². The average Bonchev–Trinajstić information content (AvgIpc) is 1.70. The van der Waals surface area contributed by atoms with Crippen molar-refractivity contribution in [2.75, 3.05) is 60.4 Å². The largest absolute Gasteiger partial charge is 0.508 e. The molecule has 1 unspecified atom stereocenters. The van der Waals surface area contributed by atoms with Gasteiger partial charge in [-0.05, 0) is 112 Å². The van der Waals surface area contributed by atoms with Crippen molar-refractivity contribution in [2.45, 2.75) is 241 Å². The number of phenolic OH excluding ortho intramolecular Hbond substituents is 1. The van der Waals surface area contributed by atoms with E-state index in [2.05, 4.69) is 78.4 Å². The van der Waals surface area contributed by atoms with E-state index in [1.54, 1.807) is 68.7 Å². The number of aromatic nitrogens is 4. The van der Waals surface area contributed by atoms with Crippen LogP contribution in [-0.2, 0) is 112 Å². The number of likely N-dealkylation sites (N-methyl/N-ethyl adjacent to an activating group) is 3. The summed E-state index contributed by atoms with van der Waals surface area (Å²) in [5, 5.41) is 52.5. The molecule has 720 valence electrons. The number of H-pyrrole nitrogens is 3. The molecule has 9 rings (SSSR count). The van der Waals surface area contributed by atoms with E-state index in [9.17, 15) is 67.7 Å². The van der Waals surface area contributed by atoms with Crippen molar-refractivity contribution in [3.8, 4) is 5.75 Å². The van der Waals surface area contributed by atoms with Gasteiger partial charge >= 0.3 is 0 Å². The molecule has 3 aromatic heterocycles. The number of primary amides is 2. The van der Waals surface area contributed by atoms with E-state index >= 15 is 28.8 Å². The topological polar surface area (TPSA) is 609 Å². The van der Waals surface area contributed by atoms with Crippen molar-refractivity contribution in [3.63, 3.8) is 0 Å². The molecule has 0 bridgehead atoms. The third-order valence-electron chi connectivity index (χ3n) is 24.2. The second-order valence-corrected chi connectivity index (χ2v) is 34.6. The van der Waals surface area contributed by atoms with Gasteiger partial charge in [0.05, 0.1) is 32.1 Å². The number of benzene rings is 3. The molecule has 3 fully saturated rings. The Morgan fingerprint density at radius 1 is 0.549 bits per heavy atom. The Balaban J connectivity index is 1.06. The average molecular weight is 1850 g/mol. The number of aldehydes is 1. The highest BCUT2D eigenvalue weighted by molar-refractivity contribution is 6.02. The van der Waals surface area contributed by atoms with Crippen LogP contribution in [0.15, 0.2) is 97.7 Å². The Labute approximate surface area is 769 Å². The van der Waals surface area contributed by atoms with Gasteiger partial charge in [-0.1, -0.05) is 102 Å². The molecule has 14 atom stereocenters. The number of hydrogen-bond acceptors (Lipinski definition) is 22. The van der Waals surface area contributed by atoms with Crippen LogP contribution >= 0.6 is 0 Å². The number of hydrogen-bond donors (Lipinski definition) is 18. The van der Waals surface area contributed by atoms with Crippen molar-refractivity contribution >= 4 is 129 Å². The van der Waals surface area contributed by atoms with Crippen LogP contribution in [0.3, 0.4) is 0 Å². The predicted octanol–water partition coefficient (Wildman–Crippen LogP) is -1.94. The molecular formula is C91H126N22O20. The van der Waals surface area contributed by atoms with E-state index in [4.69, 9.17) is 11.5 Å². The van der Waals surface area contributed by atoms with Gasteiger partial charge in [-0.3, -0.25) is 81.5 Å². The molecule has 0 aliphatic carbocycles. The van der Waals surface area contributed by atoms with Gasteiger partial charge in [0.25, 0.3) is 0 Å². The zero-order chi connectivity index (χ0) is 96.9. The van der Waals surface area contributed by atoms with Crippen LogP contribution in [0.2, 0.25) is 0 Å². The number of unbranched alkanes of at least 4 members (excludes halogenated alkanes) is 2. The molecule has 42 nitrogen and oxygen atoms in total. The van der Waals surface area contributed by atoms with Gasteiger partial charge in [0.2, 0.25) is 100 Å². The fourth-order valence-corrected chi connectivity index (χ4v) is 16.7. The standard InChI is InChI=1S/C91H126N22O20/c1-9-11-24-71-84(126)106-66(37-51(3)4)82(124)103-63(80(122)98-46-76(93)118)23-17-34-94-47-77(119)101-69(38-53-27-29-57(115)30-28-53)87(129)109(6)52(5)79(121)104-65(33-36-114)89(131)112-35-18-26-72(112)85(127)108-68(41-56-45-95-50-100-56)83(125)105-64(31-32-75(92)117)90(132)113-49-58(116)42-74(113)86(128)107-67(39-54-43-96-61-21-15-13-19-59(54)61)81(123)99-48-78(120)102-70(40-55-44-97-62-22-16-14-20-60(55)62)88(130)111(8)73(25-12-10-2)91(133)110(71)7/h13-16,19-22,27-30,36,43-45,50-52,58,63-74,94,96-97,115-116H,9-12,17-18,23-26,31-35,37-42,46-49H2,1-8H3,(H2,92,117)(H2,93,118)(H,95,100)(H,98,122)(H,99,123)(H,101,119)(H,102,120)(H,103,124)(H,104,121)(H,105,125)(H,106,126)(H,107,128)(H,108,127)/t52-,58+,63-,64-,65?,66-,67-,68-,69-,70-,71-,72-,73-,74-/m0/s1. The van der Waals surface area contributed by atoms with Gasteiger partial charge in [0.15, 0.2) is 0 Å². The fraction of sp³-hybridized carbons (Fsp3) is 0.527. The molecule has 3 saturated heterocycles. The van der Waals surface area contributed by atoms with Gasteiger partial charge in [-0.15, -0.1) is 0 Å². The second-order valence-electron chi connectivity index (χ2n) is 34.6. The first-order valence-corrected chi connectivity index (χ1v) is 45.1. The minimum absolute atomic E-state index is 0.00696. The minimum atomic E-state index is -1.72. The van der Waals surface area contributed by atoms with Gasteiger partial charge in [-0.2, -0.15) is 0 Å². The minimum Gasteiger partial charge on any atom is -0.508 e. The number of aromatic hydroxyl groups is 1. The molecule has 42 heteroatoms. The first-order valence-electron chi connectivity index (χ1n) is 45.1. The Bertz CT molecular complexity index is 5120. The van der Waals surface area contributed by atoms with Crippen molar-refractivity contribution < 1.29 is 96.5 Å². The molecule has 133 heavy (non-hydrogen) atoms. The van der Waals surface area contributed by atoms with E-state index in [1.807, 2.05) is 19.9 Å². The maximum atomic E-state index is 15.6. The summed E-state index contributed by atoms with van der Waals surface area (Å²) in [6, 6.07) is 0.803. The molecular weight excluding hydrogens is 1720 g/mol. The highest BCUT2D eigenvalue weighted by Gasteiger charge is 2.46. The Morgan fingerprint density at radius 3 is 1.71 bits per heavy atom. The lowest BCUT2D eigenvalue weighted by Crippen LogP contribution is -2.60. The molecule has 6 aromatic rings. The number of nitrogens with two attached hydrogens (primary N) is 2. The third-order valence-corrected chi connectivity index (χ3v) is 24.2. The number of para-hydroxylation sites is 2. The van der Waals surface area contributed by atoms with Crippen LogP contribution in [0.25, 0.3) is 21.8 Å². The van der Waals surface area contributed by atoms with E-state index in [-0.39, 0.29) is 101 Å². The molecule has 6 heterocycles. The van der Waals surface area contributed by atoms with E-state index in [0.717, 1.165) is 14.7 Å². The maximum Gasteiger partial charge on any atom is 0.246 e. The number of aliphatic hydroxyl groups excluding tert-OH is 1. The number of fused-ring (bicyclic) bond motifs is 4. The summed E-state index contributed by atoms with van der Waals surface area (Å²) in [6.45, 7) is 6.11. The summed E-state index contributed by atoms with van der Waals surface area (Å²) in [4.78, 5) is 278. The zero-order valence-electron chi connectivity index (χ0n) is 76.2. The van der Waals surface area contributed by atoms with Crippen molar-refractivity contribution in [1.29, 1.82) is 0 Å². The number of aliphatic hydroxyl groups is 1. The lowest BCUT2D eigenvalue weighted by atomic mass is 9.99. The Hall–Kier alpha value is -13.7. The monoisotopic (exact) mass is 1850 g/mol. The third kappa shape index (κ3) is 28.9. The zero-order valence-corrected chi connectivity index (χ0v) is 76.2. The maximum absolute atomic E-state index is 15.6. The molecule has 0 saturated carbocycles. The number of phenols is 1. The molecule has 17 amide bonds. The molecule has 0 spiro atoms. The van der Waals surface area contributed by atoms with Gasteiger partial charge in [0, 0.05) is 125 Å². The number of rotatable bonds is 24. The van der Waals surface area contributed by atoms with Crippen LogP contribution in [0.4, 0.5) is 0 Å². The van der Waals surface area contributed by atoms with Crippen molar-refractivity contribution in [3.05, 3.63) is 120 Å². The lowest BCUT2D eigenvalue weighted by Gasteiger charge is -2.36. The van der Waals surface area contributed by atoms with Crippen LogP contribution in [0.5, 0.6) is 5.75 Å². The summed E-state index contributed by atoms with van der Waals surface area (Å²) in [6.07, 6.45) is 3.93. The number of carbonyl (C=O) groups excluding carboxylic acids is 18. The predicted molar refractivity (Wildman–Crippen MR) is 485 cm³/mol. The van der Waals surface area contributed by atoms with Crippen LogP contribution in [0.1, 0.15) is 153 Å². The van der Waals surface area contributed by atoms with Gasteiger partial charge in [0.1, 0.15) is 90.6 Å². The van der Waals surface area contributed by atoms with Crippen molar-refractivity contribution in [1.82, 2.24) is 103 Å². The Kier molecular flexibility index (Phi) is 38.4. The lowest BCUT2D eigenvalue weighted by molar-refractivity contribution is -0.149. The molecule has 3 aliphatic rings. The van der Waals surface area contributed by atoms with Gasteiger partial charge in [-0.25, -0.2) is 4.98 Å². The smallest absolute Gasteiger partial charge is 0.246 e. The van der Waals surface area contributed by atoms with E-state index in [0.29, 0.717) is 70.5 Å². The second kappa shape index (κ2) is 49.5. The number of nitrogens with one attached hydrogen (secondary N) is 14. The van der Waals surface area contributed by atoms with Crippen molar-refractivity contribution in [2.24, 2.45) is 17.4 Å². The normalized spacial score (nSPS) is 24.6. The van der Waals surface area contributed by atoms with Crippen LogP contribution in [-0.4, -0.2) is 306 Å². The molecule has 3 aliphatic heterocycles. The highest BCUT2D eigenvalue weighted by Crippen LogP contribution is 2.28. The van der Waals surface area contributed by atoms with Crippen LogP contribution < -0.4 is 70.0 Å². The molecule has 3 aromatic carbocycles. The quantitative estimate of drug-likeness (QED) is 0.0293. The number of imidazole rings is 1. The number of nitrogens with zero attached hydrogens (tertiary/aromatic N) is 6.